The lowest BCUT2D eigenvalue weighted by molar-refractivity contribution is 0.0532. The molecule has 0 aromatic carbocycles. The summed E-state index contributed by atoms with van der Waals surface area (Å²) in [6, 6.07) is 1.74. The summed E-state index contributed by atoms with van der Waals surface area (Å²) in [5.74, 6) is -0.140. The summed E-state index contributed by atoms with van der Waals surface area (Å²) < 4.78 is 4.96. The zero-order valence-corrected chi connectivity index (χ0v) is 11.0. The van der Waals surface area contributed by atoms with Crippen molar-refractivity contribution < 1.29 is 9.53 Å². The number of carbonyl (C=O) groups is 1. The van der Waals surface area contributed by atoms with Crippen LogP contribution in [0.4, 0.5) is 5.95 Å². The Hall–Kier alpha value is -1.95. The van der Waals surface area contributed by atoms with Crippen molar-refractivity contribution in [2.75, 3.05) is 12.3 Å². The van der Waals surface area contributed by atoms with Gasteiger partial charge in [0.2, 0.25) is 5.95 Å². The van der Waals surface area contributed by atoms with Gasteiger partial charge in [0.15, 0.2) is 0 Å². The van der Waals surface area contributed by atoms with Crippen molar-refractivity contribution in [3.63, 3.8) is 0 Å². The molecule has 0 aliphatic rings. The number of hydrogen-bond acceptors (Lipinski definition) is 6. The number of aromatic nitrogens is 2. The van der Waals surface area contributed by atoms with Gasteiger partial charge >= 0.3 is 5.97 Å². The molecule has 0 saturated carbocycles. The molecule has 0 bridgehead atoms. The molecule has 2 rings (SSSR count). The van der Waals surface area contributed by atoms with Crippen molar-refractivity contribution in [3.8, 4) is 0 Å². The number of ether oxygens (including phenoxy) is 1. The van der Waals surface area contributed by atoms with E-state index in [2.05, 4.69) is 9.97 Å². The predicted molar refractivity (Wildman–Crippen MR) is 72.5 cm³/mol. The average molecular weight is 263 g/mol. The quantitative estimate of drug-likeness (QED) is 0.861. The van der Waals surface area contributed by atoms with Gasteiger partial charge in [-0.25, -0.2) is 14.8 Å². The Morgan fingerprint density at radius 1 is 1.56 bits per heavy atom. The predicted octanol–water partition coefficient (Wildman–Crippen LogP) is 2.48. The van der Waals surface area contributed by atoms with Gasteiger partial charge in [-0.1, -0.05) is 6.08 Å². The summed E-state index contributed by atoms with van der Waals surface area (Å²) >= 11 is 1.26. The molecule has 5 nitrogen and oxygen atoms in total. The standard InChI is InChI=1S/C12H13N3O2S/c1-3-5-8-7-6-9(11(16)17-4-2)18-10(7)15-12(13)14-8/h3,5-6H,4H2,1-2H3,(H2,13,14,15). The van der Waals surface area contributed by atoms with Crippen molar-refractivity contribution in [3.05, 3.63) is 22.7 Å². The molecule has 2 aromatic heterocycles. The molecule has 0 atom stereocenters. The highest BCUT2D eigenvalue weighted by molar-refractivity contribution is 7.20. The van der Waals surface area contributed by atoms with Crippen LogP contribution in [0.5, 0.6) is 0 Å². The van der Waals surface area contributed by atoms with Crippen LogP contribution in [-0.4, -0.2) is 22.5 Å². The Labute approximate surface area is 108 Å². The largest absolute Gasteiger partial charge is 0.462 e. The lowest BCUT2D eigenvalue weighted by Gasteiger charge is -1.96. The first-order chi connectivity index (χ1) is 8.65. The molecule has 18 heavy (non-hydrogen) atoms. The van der Waals surface area contributed by atoms with Crippen LogP contribution in [0.15, 0.2) is 12.1 Å². The van der Waals surface area contributed by atoms with Crippen LogP contribution in [-0.2, 0) is 4.74 Å². The first-order valence-corrected chi connectivity index (χ1v) is 6.34. The smallest absolute Gasteiger partial charge is 0.348 e. The second-order valence-corrected chi connectivity index (χ2v) is 4.55. The summed E-state index contributed by atoms with van der Waals surface area (Å²) in [6.45, 7) is 4.01. The van der Waals surface area contributed by atoms with Gasteiger partial charge in [0.05, 0.1) is 12.3 Å². The maximum Gasteiger partial charge on any atom is 0.348 e. The van der Waals surface area contributed by atoms with Crippen LogP contribution in [0.2, 0.25) is 0 Å². The Bertz CT molecular complexity index is 619. The number of carbonyl (C=O) groups excluding carboxylic acids is 1. The van der Waals surface area contributed by atoms with Crippen molar-refractivity contribution >= 4 is 39.5 Å². The molecule has 0 aliphatic carbocycles. The molecule has 0 amide bonds. The number of esters is 1. The Kier molecular flexibility index (Phi) is 3.57. The fraction of sp³-hybridized carbons (Fsp3) is 0.250. The second-order valence-electron chi connectivity index (χ2n) is 3.52. The second kappa shape index (κ2) is 5.14. The molecular weight excluding hydrogens is 250 g/mol. The first kappa shape index (κ1) is 12.5. The van der Waals surface area contributed by atoms with Gasteiger partial charge in [-0.05, 0) is 26.0 Å². The fourth-order valence-corrected chi connectivity index (χ4v) is 2.49. The average Bonchev–Trinajstić information content (AvgIpc) is 2.73. The van der Waals surface area contributed by atoms with Gasteiger partial charge in [0.1, 0.15) is 9.71 Å². The Morgan fingerprint density at radius 3 is 3.00 bits per heavy atom. The van der Waals surface area contributed by atoms with E-state index >= 15 is 0 Å². The number of anilines is 1. The van der Waals surface area contributed by atoms with E-state index in [0.717, 1.165) is 5.39 Å². The van der Waals surface area contributed by atoms with Crippen molar-refractivity contribution in [2.24, 2.45) is 0 Å². The molecule has 6 heteroatoms. The third-order valence-electron chi connectivity index (χ3n) is 2.24. The molecule has 0 saturated heterocycles. The third-order valence-corrected chi connectivity index (χ3v) is 3.25. The topological polar surface area (TPSA) is 78.1 Å². The van der Waals surface area contributed by atoms with Gasteiger partial charge < -0.3 is 10.5 Å². The van der Waals surface area contributed by atoms with Crippen molar-refractivity contribution in [1.29, 1.82) is 0 Å². The highest BCUT2D eigenvalue weighted by Crippen LogP contribution is 2.28. The zero-order valence-electron chi connectivity index (χ0n) is 10.1. The van der Waals surface area contributed by atoms with E-state index in [1.54, 1.807) is 13.0 Å². The Balaban J connectivity index is 2.56. The molecule has 0 aliphatic heterocycles. The van der Waals surface area contributed by atoms with Crippen LogP contribution in [0.1, 0.15) is 29.2 Å². The monoisotopic (exact) mass is 263 g/mol. The zero-order chi connectivity index (χ0) is 13.1. The highest BCUT2D eigenvalue weighted by atomic mass is 32.1. The number of allylic oxidation sites excluding steroid dienone is 1. The number of hydrogen-bond donors (Lipinski definition) is 1. The molecule has 94 valence electrons. The summed E-state index contributed by atoms with van der Waals surface area (Å²) in [6.07, 6.45) is 3.70. The van der Waals surface area contributed by atoms with Gasteiger partial charge in [-0.2, -0.15) is 0 Å². The minimum atomic E-state index is -0.342. The SMILES string of the molecule is CC=Cc1nc(N)nc2sc(C(=O)OCC)cc12. The van der Waals surface area contributed by atoms with E-state index in [1.807, 2.05) is 19.1 Å². The highest BCUT2D eigenvalue weighted by Gasteiger charge is 2.14. The molecule has 0 spiro atoms. The van der Waals surface area contributed by atoms with Crippen molar-refractivity contribution in [1.82, 2.24) is 9.97 Å². The van der Waals surface area contributed by atoms with E-state index in [9.17, 15) is 4.79 Å². The molecule has 0 fully saturated rings. The number of nitrogens with two attached hydrogens (primary N) is 1. The number of rotatable bonds is 3. The van der Waals surface area contributed by atoms with E-state index in [4.69, 9.17) is 10.5 Å². The van der Waals surface area contributed by atoms with Gasteiger partial charge in [0, 0.05) is 5.39 Å². The Morgan fingerprint density at radius 2 is 2.33 bits per heavy atom. The van der Waals surface area contributed by atoms with Gasteiger partial charge in [-0.15, -0.1) is 11.3 Å². The normalized spacial score (nSPS) is 11.2. The van der Waals surface area contributed by atoms with Crippen molar-refractivity contribution in [2.45, 2.75) is 13.8 Å². The molecular formula is C12H13N3O2S. The van der Waals surface area contributed by atoms with Gasteiger partial charge in [0.25, 0.3) is 0 Å². The van der Waals surface area contributed by atoms with Crippen LogP contribution in [0, 0.1) is 0 Å². The molecule has 0 radical (unpaired) electrons. The number of nitrogen functional groups attached to an aromatic ring is 1. The minimum absolute atomic E-state index is 0.202. The molecule has 2 N–H and O–H groups in total. The van der Waals surface area contributed by atoms with E-state index in [0.29, 0.717) is 22.0 Å². The summed E-state index contributed by atoms with van der Waals surface area (Å²) in [7, 11) is 0. The summed E-state index contributed by atoms with van der Waals surface area (Å²) in [5.41, 5.74) is 6.35. The summed E-state index contributed by atoms with van der Waals surface area (Å²) in [5, 5.41) is 0.815. The fourth-order valence-electron chi connectivity index (χ4n) is 1.55. The van der Waals surface area contributed by atoms with Gasteiger partial charge in [-0.3, -0.25) is 0 Å². The first-order valence-electron chi connectivity index (χ1n) is 5.52. The van der Waals surface area contributed by atoms with E-state index in [-0.39, 0.29) is 11.9 Å². The maximum absolute atomic E-state index is 11.7. The molecule has 2 aromatic rings. The minimum Gasteiger partial charge on any atom is -0.462 e. The maximum atomic E-state index is 11.7. The van der Waals surface area contributed by atoms with Crippen LogP contribution < -0.4 is 5.73 Å². The lowest BCUT2D eigenvalue weighted by Crippen LogP contribution is -2.01. The van der Waals surface area contributed by atoms with Crippen LogP contribution in [0.25, 0.3) is 16.3 Å². The third kappa shape index (κ3) is 2.33. The summed E-state index contributed by atoms with van der Waals surface area (Å²) in [4.78, 5) is 21.1. The van der Waals surface area contributed by atoms with E-state index in [1.165, 1.54) is 11.3 Å². The van der Waals surface area contributed by atoms with Crippen LogP contribution in [0.3, 0.4) is 0 Å². The van der Waals surface area contributed by atoms with Crippen LogP contribution >= 0.6 is 11.3 Å². The number of nitrogens with zero attached hydrogens (tertiary/aromatic N) is 2. The van der Waals surface area contributed by atoms with E-state index < -0.39 is 0 Å². The molecule has 0 unspecified atom stereocenters. The number of thiophene rings is 1. The molecule has 2 heterocycles. The lowest BCUT2D eigenvalue weighted by atomic mass is 10.2. The number of fused-ring (bicyclic) bond motifs is 1.